The van der Waals surface area contributed by atoms with E-state index in [1.165, 1.54) is 53.9 Å². The molecular formula is C21H24N4O4S2. The number of thiophene rings is 1. The largest absolute Gasteiger partial charge is 0.337 e. The van der Waals surface area contributed by atoms with Crippen molar-refractivity contribution in [3.05, 3.63) is 45.8 Å². The highest BCUT2D eigenvalue weighted by Crippen LogP contribution is 2.37. The lowest BCUT2D eigenvalue weighted by molar-refractivity contribution is -0.129. The second kappa shape index (κ2) is 8.78. The number of fused-ring (bicyclic) bond motifs is 1. The van der Waals surface area contributed by atoms with Gasteiger partial charge in [-0.1, -0.05) is 0 Å². The quantitative estimate of drug-likeness (QED) is 0.738. The number of carbonyl (C=O) groups excluding carboxylic acids is 2. The zero-order valence-electron chi connectivity index (χ0n) is 17.8. The van der Waals surface area contributed by atoms with Gasteiger partial charge in [0.1, 0.15) is 11.1 Å². The molecule has 2 aromatic rings. The van der Waals surface area contributed by atoms with Crippen molar-refractivity contribution in [2.75, 3.05) is 18.9 Å². The molecule has 164 valence electrons. The molecule has 0 aliphatic carbocycles. The summed E-state index contributed by atoms with van der Waals surface area (Å²) in [5.74, 6) is -0.457. The molecule has 0 spiro atoms. The zero-order chi connectivity index (χ0) is 22.9. The van der Waals surface area contributed by atoms with Gasteiger partial charge in [0.15, 0.2) is 0 Å². The predicted octanol–water partition coefficient (Wildman–Crippen LogP) is 2.81. The smallest absolute Gasteiger partial charge is 0.256 e. The third-order valence-electron chi connectivity index (χ3n) is 5.36. The van der Waals surface area contributed by atoms with Gasteiger partial charge in [-0.2, -0.15) is 9.57 Å². The second-order valence-corrected chi connectivity index (χ2v) is 10.7. The summed E-state index contributed by atoms with van der Waals surface area (Å²) in [4.78, 5) is 27.1. The van der Waals surface area contributed by atoms with Crippen molar-refractivity contribution in [3.63, 3.8) is 0 Å². The summed E-state index contributed by atoms with van der Waals surface area (Å²) in [6, 6.07) is 7.68. The molecule has 0 atom stereocenters. The van der Waals surface area contributed by atoms with Crippen LogP contribution in [0.2, 0.25) is 0 Å². The molecule has 1 aromatic heterocycles. The number of hydrogen-bond acceptors (Lipinski definition) is 6. The summed E-state index contributed by atoms with van der Waals surface area (Å²) in [7, 11) is -2.13. The summed E-state index contributed by atoms with van der Waals surface area (Å²) < 4.78 is 26.4. The maximum absolute atomic E-state index is 12.7. The Labute approximate surface area is 186 Å². The lowest BCUT2D eigenvalue weighted by Crippen LogP contribution is -2.33. The van der Waals surface area contributed by atoms with Gasteiger partial charge in [-0.3, -0.25) is 9.59 Å². The third kappa shape index (κ3) is 4.49. The van der Waals surface area contributed by atoms with Gasteiger partial charge in [0.2, 0.25) is 15.9 Å². The van der Waals surface area contributed by atoms with Crippen LogP contribution >= 0.6 is 11.3 Å². The van der Waals surface area contributed by atoms with Crippen LogP contribution in [0.4, 0.5) is 5.00 Å². The molecular weight excluding hydrogens is 436 g/mol. The maximum atomic E-state index is 12.7. The normalized spacial score (nSPS) is 13.8. The molecule has 3 rings (SSSR count). The predicted molar refractivity (Wildman–Crippen MR) is 118 cm³/mol. The zero-order valence-corrected chi connectivity index (χ0v) is 19.4. The fourth-order valence-corrected chi connectivity index (χ4v) is 5.85. The minimum Gasteiger partial charge on any atom is -0.337 e. The monoisotopic (exact) mass is 460 g/mol. The Hall–Kier alpha value is -2.74. The Morgan fingerprint density at radius 2 is 1.90 bits per heavy atom. The highest BCUT2D eigenvalue weighted by Gasteiger charge is 2.27. The molecule has 0 saturated heterocycles. The van der Waals surface area contributed by atoms with Crippen molar-refractivity contribution in [2.24, 2.45) is 0 Å². The Balaban J connectivity index is 1.81. The SMILES string of the molecule is CC(=O)N1CCc2c(sc(NC(=O)c3ccc(S(=O)(=O)N(C)C(C)C)cc3)c2C#N)C1. The van der Waals surface area contributed by atoms with Crippen molar-refractivity contribution >= 4 is 38.2 Å². The van der Waals surface area contributed by atoms with Gasteiger partial charge in [-0.15, -0.1) is 11.3 Å². The fourth-order valence-electron chi connectivity index (χ4n) is 3.28. The van der Waals surface area contributed by atoms with E-state index in [-0.39, 0.29) is 22.4 Å². The molecule has 10 heteroatoms. The fraction of sp³-hybridized carbons (Fsp3) is 0.381. The molecule has 0 bridgehead atoms. The van der Waals surface area contributed by atoms with Gasteiger partial charge < -0.3 is 10.2 Å². The molecule has 2 heterocycles. The van der Waals surface area contributed by atoms with E-state index in [4.69, 9.17) is 0 Å². The standard InChI is InChI=1S/C21H24N4O4S2/c1-13(2)24(4)31(28,29)16-7-5-15(6-8-16)20(27)23-21-18(11-22)17-9-10-25(14(3)26)12-19(17)30-21/h5-8,13H,9-10,12H2,1-4H3,(H,23,27). The maximum Gasteiger partial charge on any atom is 0.256 e. The van der Waals surface area contributed by atoms with Gasteiger partial charge in [0.05, 0.1) is 17.0 Å². The molecule has 0 fully saturated rings. The Morgan fingerprint density at radius 3 is 2.45 bits per heavy atom. The van der Waals surface area contributed by atoms with Crippen LogP contribution in [0, 0.1) is 11.3 Å². The highest BCUT2D eigenvalue weighted by atomic mass is 32.2. The Bertz CT molecular complexity index is 1160. The first-order valence-electron chi connectivity index (χ1n) is 9.75. The first-order valence-corrected chi connectivity index (χ1v) is 12.0. The second-order valence-electron chi connectivity index (χ2n) is 7.60. The topological polar surface area (TPSA) is 111 Å². The van der Waals surface area contributed by atoms with E-state index in [2.05, 4.69) is 11.4 Å². The van der Waals surface area contributed by atoms with Crippen LogP contribution in [-0.4, -0.2) is 49.1 Å². The number of hydrogen-bond donors (Lipinski definition) is 1. The van der Waals surface area contributed by atoms with Crippen LogP contribution in [0.5, 0.6) is 0 Å². The van der Waals surface area contributed by atoms with Gasteiger partial charge in [0, 0.05) is 37.0 Å². The van der Waals surface area contributed by atoms with E-state index >= 15 is 0 Å². The number of nitriles is 1. The van der Waals surface area contributed by atoms with Gasteiger partial charge in [-0.05, 0) is 50.1 Å². The van der Waals surface area contributed by atoms with E-state index in [0.717, 1.165) is 10.4 Å². The summed E-state index contributed by atoms with van der Waals surface area (Å²) in [6.45, 7) is 6.04. The van der Waals surface area contributed by atoms with Crippen LogP contribution < -0.4 is 5.32 Å². The van der Waals surface area contributed by atoms with E-state index in [1.54, 1.807) is 18.7 Å². The van der Waals surface area contributed by atoms with Crippen LogP contribution in [-0.2, 0) is 27.8 Å². The average Bonchev–Trinajstić information content (AvgIpc) is 3.08. The number of amides is 2. The number of nitrogens with one attached hydrogen (secondary N) is 1. The van der Waals surface area contributed by atoms with E-state index < -0.39 is 15.9 Å². The molecule has 1 aromatic carbocycles. The lowest BCUT2D eigenvalue weighted by Gasteiger charge is -2.25. The number of sulfonamides is 1. The number of rotatable bonds is 5. The van der Waals surface area contributed by atoms with Crippen LogP contribution in [0.25, 0.3) is 0 Å². The Kier molecular flexibility index (Phi) is 6.50. The van der Waals surface area contributed by atoms with Gasteiger partial charge in [-0.25, -0.2) is 8.42 Å². The minimum absolute atomic E-state index is 0.0266. The van der Waals surface area contributed by atoms with Crippen LogP contribution in [0.15, 0.2) is 29.2 Å². The average molecular weight is 461 g/mol. The summed E-state index contributed by atoms with van der Waals surface area (Å²) in [5.41, 5.74) is 1.58. The first kappa shape index (κ1) is 22.9. The number of nitrogens with zero attached hydrogens (tertiary/aromatic N) is 3. The summed E-state index contributed by atoms with van der Waals surface area (Å²) in [5, 5.41) is 12.8. The Morgan fingerprint density at radius 1 is 1.26 bits per heavy atom. The summed E-state index contributed by atoms with van der Waals surface area (Å²) in [6.07, 6.45) is 0.570. The van der Waals surface area contributed by atoms with E-state index in [1.807, 2.05) is 0 Å². The van der Waals surface area contributed by atoms with Crippen molar-refractivity contribution in [2.45, 2.75) is 44.7 Å². The molecule has 1 aliphatic rings. The van der Waals surface area contributed by atoms with Crippen LogP contribution in [0.3, 0.4) is 0 Å². The van der Waals surface area contributed by atoms with Crippen molar-refractivity contribution in [1.82, 2.24) is 9.21 Å². The molecule has 1 N–H and O–H groups in total. The van der Waals surface area contributed by atoms with Crippen molar-refractivity contribution < 1.29 is 18.0 Å². The number of anilines is 1. The molecule has 1 aliphatic heterocycles. The summed E-state index contributed by atoms with van der Waals surface area (Å²) >= 11 is 1.29. The molecule has 0 saturated carbocycles. The van der Waals surface area contributed by atoms with Crippen molar-refractivity contribution in [3.8, 4) is 6.07 Å². The lowest BCUT2D eigenvalue weighted by atomic mass is 10.0. The van der Waals surface area contributed by atoms with Crippen LogP contribution in [0.1, 0.15) is 47.1 Å². The third-order valence-corrected chi connectivity index (χ3v) is 8.54. The van der Waals surface area contributed by atoms with E-state index in [0.29, 0.717) is 30.1 Å². The van der Waals surface area contributed by atoms with E-state index in [9.17, 15) is 23.3 Å². The molecule has 0 radical (unpaired) electrons. The molecule has 8 nitrogen and oxygen atoms in total. The van der Waals surface area contributed by atoms with Crippen molar-refractivity contribution in [1.29, 1.82) is 5.26 Å². The molecule has 0 unspecified atom stereocenters. The van der Waals surface area contributed by atoms with Gasteiger partial charge in [0.25, 0.3) is 5.91 Å². The molecule has 2 amide bonds. The molecule has 31 heavy (non-hydrogen) atoms. The highest BCUT2D eigenvalue weighted by molar-refractivity contribution is 7.89. The van der Waals surface area contributed by atoms with Gasteiger partial charge >= 0.3 is 0 Å². The number of carbonyl (C=O) groups is 2. The minimum atomic E-state index is -3.64. The number of benzene rings is 1. The first-order chi connectivity index (χ1) is 14.6.